The molecule has 2 aromatic carbocycles. The van der Waals surface area contributed by atoms with E-state index in [2.05, 4.69) is 28.2 Å². The summed E-state index contributed by atoms with van der Waals surface area (Å²) in [4.78, 5) is 12.2. The fraction of sp³-hybridized carbons (Fsp3) is 0.235. The SMILES string of the molecule is CCCc1ccc(NC(=O)c2ccc(OC)c(Br)c2)cc1. The van der Waals surface area contributed by atoms with Gasteiger partial charge in [-0.05, 0) is 58.2 Å². The molecule has 3 nitrogen and oxygen atoms in total. The molecule has 2 rings (SSSR count). The van der Waals surface area contributed by atoms with Crippen molar-refractivity contribution in [2.24, 2.45) is 0 Å². The van der Waals surface area contributed by atoms with Gasteiger partial charge in [-0.25, -0.2) is 0 Å². The maximum Gasteiger partial charge on any atom is 0.255 e. The number of aryl methyl sites for hydroxylation is 1. The smallest absolute Gasteiger partial charge is 0.255 e. The molecule has 0 spiro atoms. The number of amides is 1. The number of nitrogens with one attached hydrogen (secondary N) is 1. The molecule has 0 aliphatic carbocycles. The summed E-state index contributed by atoms with van der Waals surface area (Å²) in [6, 6.07) is 13.2. The van der Waals surface area contributed by atoms with Gasteiger partial charge >= 0.3 is 0 Å². The van der Waals surface area contributed by atoms with Gasteiger partial charge in [-0.15, -0.1) is 0 Å². The van der Waals surface area contributed by atoms with Crippen molar-refractivity contribution in [2.45, 2.75) is 19.8 Å². The van der Waals surface area contributed by atoms with Crippen molar-refractivity contribution in [2.75, 3.05) is 12.4 Å². The van der Waals surface area contributed by atoms with Crippen LogP contribution in [0.25, 0.3) is 0 Å². The Labute approximate surface area is 133 Å². The van der Waals surface area contributed by atoms with Crippen molar-refractivity contribution in [3.05, 3.63) is 58.1 Å². The van der Waals surface area contributed by atoms with E-state index < -0.39 is 0 Å². The summed E-state index contributed by atoms with van der Waals surface area (Å²) in [7, 11) is 1.59. The van der Waals surface area contributed by atoms with Crippen molar-refractivity contribution < 1.29 is 9.53 Å². The Kier molecular flexibility index (Phi) is 5.39. The highest BCUT2D eigenvalue weighted by molar-refractivity contribution is 9.10. The van der Waals surface area contributed by atoms with E-state index in [4.69, 9.17) is 4.74 Å². The zero-order chi connectivity index (χ0) is 15.2. The van der Waals surface area contributed by atoms with Crippen molar-refractivity contribution in [3.63, 3.8) is 0 Å². The maximum absolute atomic E-state index is 12.2. The number of rotatable bonds is 5. The molecule has 0 atom stereocenters. The van der Waals surface area contributed by atoms with E-state index in [1.54, 1.807) is 25.3 Å². The number of anilines is 1. The standard InChI is InChI=1S/C17H18BrNO2/c1-3-4-12-5-8-14(9-6-12)19-17(20)13-7-10-16(21-2)15(18)11-13/h5-11H,3-4H2,1-2H3,(H,19,20). The van der Waals surface area contributed by atoms with Gasteiger partial charge in [0, 0.05) is 11.3 Å². The van der Waals surface area contributed by atoms with Gasteiger partial charge in [0.15, 0.2) is 0 Å². The van der Waals surface area contributed by atoms with Gasteiger partial charge in [0.25, 0.3) is 5.91 Å². The number of methoxy groups -OCH3 is 1. The molecule has 0 aliphatic rings. The fourth-order valence-electron chi connectivity index (χ4n) is 2.05. The molecule has 0 aromatic heterocycles. The predicted molar refractivity (Wildman–Crippen MR) is 89.1 cm³/mol. The zero-order valence-electron chi connectivity index (χ0n) is 12.2. The van der Waals surface area contributed by atoms with Crippen LogP contribution in [0.2, 0.25) is 0 Å². The minimum Gasteiger partial charge on any atom is -0.496 e. The van der Waals surface area contributed by atoms with Crippen LogP contribution < -0.4 is 10.1 Å². The van der Waals surface area contributed by atoms with E-state index in [9.17, 15) is 4.79 Å². The Morgan fingerprint density at radius 2 is 1.90 bits per heavy atom. The minimum atomic E-state index is -0.137. The monoisotopic (exact) mass is 347 g/mol. The van der Waals surface area contributed by atoms with Gasteiger partial charge in [-0.1, -0.05) is 25.5 Å². The number of hydrogen-bond acceptors (Lipinski definition) is 2. The number of benzene rings is 2. The first kappa shape index (κ1) is 15.6. The molecule has 0 unspecified atom stereocenters. The molecule has 21 heavy (non-hydrogen) atoms. The lowest BCUT2D eigenvalue weighted by molar-refractivity contribution is 0.102. The molecule has 1 N–H and O–H groups in total. The van der Waals surface area contributed by atoms with Gasteiger partial charge in [0.05, 0.1) is 11.6 Å². The second-order valence-electron chi connectivity index (χ2n) is 4.75. The molecule has 0 bridgehead atoms. The van der Waals surface area contributed by atoms with Crippen LogP contribution in [0, 0.1) is 0 Å². The number of carbonyl (C=O) groups is 1. The molecule has 0 aliphatic heterocycles. The second-order valence-corrected chi connectivity index (χ2v) is 5.60. The highest BCUT2D eigenvalue weighted by atomic mass is 79.9. The fourth-order valence-corrected chi connectivity index (χ4v) is 2.59. The van der Waals surface area contributed by atoms with E-state index in [1.165, 1.54) is 5.56 Å². The zero-order valence-corrected chi connectivity index (χ0v) is 13.7. The summed E-state index contributed by atoms with van der Waals surface area (Å²) in [6.45, 7) is 2.15. The van der Waals surface area contributed by atoms with Crippen molar-refractivity contribution >= 4 is 27.5 Å². The summed E-state index contributed by atoms with van der Waals surface area (Å²) in [5.41, 5.74) is 2.66. The molecule has 0 fully saturated rings. The van der Waals surface area contributed by atoms with Crippen LogP contribution in [0.15, 0.2) is 46.9 Å². The first-order valence-corrected chi connectivity index (χ1v) is 7.67. The number of halogens is 1. The van der Waals surface area contributed by atoms with E-state index >= 15 is 0 Å². The molecule has 0 heterocycles. The average molecular weight is 348 g/mol. The molecule has 2 aromatic rings. The summed E-state index contributed by atoms with van der Waals surface area (Å²) in [5.74, 6) is 0.567. The third-order valence-electron chi connectivity index (χ3n) is 3.16. The Balaban J connectivity index is 2.08. The highest BCUT2D eigenvalue weighted by Crippen LogP contribution is 2.26. The van der Waals surface area contributed by atoms with Crippen LogP contribution in [0.1, 0.15) is 29.3 Å². The van der Waals surface area contributed by atoms with Crippen LogP contribution in [0.3, 0.4) is 0 Å². The van der Waals surface area contributed by atoms with Crippen LogP contribution in [0.4, 0.5) is 5.69 Å². The van der Waals surface area contributed by atoms with Crippen LogP contribution in [-0.4, -0.2) is 13.0 Å². The Morgan fingerprint density at radius 1 is 1.19 bits per heavy atom. The molecular weight excluding hydrogens is 330 g/mol. The van der Waals surface area contributed by atoms with Crippen molar-refractivity contribution in [3.8, 4) is 5.75 Å². The van der Waals surface area contributed by atoms with E-state index in [0.717, 1.165) is 23.0 Å². The Morgan fingerprint density at radius 3 is 2.48 bits per heavy atom. The van der Waals surface area contributed by atoms with Gasteiger partial charge in [0.2, 0.25) is 0 Å². The second kappa shape index (κ2) is 7.27. The molecule has 110 valence electrons. The third-order valence-corrected chi connectivity index (χ3v) is 3.78. The summed E-state index contributed by atoms with van der Waals surface area (Å²) in [6.07, 6.45) is 2.17. The van der Waals surface area contributed by atoms with Gasteiger partial charge < -0.3 is 10.1 Å². The summed E-state index contributed by atoms with van der Waals surface area (Å²) >= 11 is 3.38. The molecular formula is C17H18BrNO2. The minimum absolute atomic E-state index is 0.137. The van der Waals surface area contributed by atoms with E-state index in [1.807, 2.05) is 24.3 Å². The lowest BCUT2D eigenvalue weighted by Gasteiger charge is -2.08. The quantitative estimate of drug-likeness (QED) is 0.853. The maximum atomic E-state index is 12.2. The molecule has 4 heteroatoms. The molecule has 0 saturated carbocycles. The lowest BCUT2D eigenvalue weighted by atomic mass is 10.1. The highest BCUT2D eigenvalue weighted by Gasteiger charge is 2.09. The van der Waals surface area contributed by atoms with E-state index in [0.29, 0.717) is 11.3 Å². The number of hydrogen-bond donors (Lipinski definition) is 1. The van der Waals surface area contributed by atoms with Crippen LogP contribution >= 0.6 is 15.9 Å². The molecule has 1 amide bonds. The number of carbonyl (C=O) groups excluding carboxylic acids is 1. The van der Waals surface area contributed by atoms with Crippen molar-refractivity contribution in [1.82, 2.24) is 0 Å². The summed E-state index contributed by atoms with van der Waals surface area (Å²) in [5, 5.41) is 2.89. The Hall–Kier alpha value is -1.81. The Bertz CT molecular complexity index is 623. The predicted octanol–water partition coefficient (Wildman–Crippen LogP) is 4.66. The van der Waals surface area contributed by atoms with Gasteiger partial charge in [-0.2, -0.15) is 0 Å². The van der Waals surface area contributed by atoms with Crippen LogP contribution in [-0.2, 0) is 6.42 Å². The van der Waals surface area contributed by atoms with Gasteiger partial charge in [0.1, 0.15) is 5.75 Å². The molecule has 0 saturated heterocycles. The van der Waals surface area contributed by atoms with E-state index in [-0.39, 0.29) is 5.91 Å². The van der Waals surface area contributed by atoms with Gasteiger partial charge in [-0.3, -0.25) is 4.79 Å². The summed E-state index contributed by atoms with van der Waals surface area (Å²) < 4.78 is 5.92. The van der Waals surface area contributed by atoms with Crippen molar-refractivity contribution in [1.29, 1.82) is 0 Å². The molecule has 0 radical (unpaired) electrons. The third kappa shape index (κ3) is 4.08. The number of ether oxygens (including phenoxy) is 1. The largest absolute Gasteiger partial charge is 0.496 e. The topological polar surface area (TPSA) is 38.3 Å². The van der Waals surface area contributed by atoms with Crippen LogP contribution in [0.5, 0.6) is 5.75 Å². The normalized spacial score (nSPS) is 10.2. The average Bonchev–Trinajstić information content (AvgIpc) is 2.49. The lowest BCUT2D eigenvalue weighted by Crippen LogP contribution is -2.11. The first-order valence-electron chi connectivity index (χ1n) is 6.88. The first-order chi connectivity index (χ1) is 10.1.